The fourth-order valence-corrected chi connectivity index (χ4v) is 4.75. The predicted octanol–water partition coefficient (Wildman–Crippen LogP) is 6.82. The molecular formula is C29H22FN3O3. The molecule has 178 valence electrons. The lowest BCUT2D eigenvalue weighted by Crippen LogP contribution is -2.17. The third-order valence-corrected chi connectivity index (χ3v) is 6.43. The molecule has 0 aliphatic carbocycles. The number of halogens is 1. The van der Waals surface area contributed by atoms with Crippen LogP contribution in [0, 0.1) is 5.82 Å². The Morgan fingerprint density at radius 2 is 1.69 bits per heavy atom. The molecule has 36 heavy (non-hydrogen) atoms. The van der Waals surface area contributed by atoms with E-state index in [1.165, 1.54) is 12.4 Å². The van der Waals surface area contributed by atoms with Crippen LogP contribution >= 0.6 is 0 Å². The molecule has 0 saturated heterocycles. The Morgan fingerprint density at radius 3 is 2.53 bits per heavy atom. The summed E-state index contributed by atoms with van der Waals surface area (Å²) < 4.78 is 32.3. The van der Waals surface area contributed by atoms with E-state index in [0.717, 1.165) is 21.9 Å². The van der Waals surface area contributed by atoms with Crippen LogP contribution in [0.25, 0.3) is 10.8 Å². The van der Waals surface area contributed by atoms with Crippen molar-refractivity contribution in [2.75, 3.05) is 19.5 Å². The Kier molecular flexibility index (Phi) is 5.37. The van der Waals surface area contributed by atoms with E-state index >= 15 is 0 Å². The minimum atomic E-state index is -0.386. The highest BCUT2D eigenvalue weighted by Gasteiger charge is 2.36. The van der Waals surface area contributed by atoms with Crippen molar-refractivity contribution in [2.45, 2.75) is 5.92 Å². The molecule has 0 bridgehead atoms. The SMILES string of the molecule is COc1ccc(OC)c(C2c3ccc4ccccc4c3Oc3ncnc(Nc4ccccc4F)c32)c1. The molecule has 1 unspecified atom stereocenters. The molecular weight excluding hydrogens is 457 g/mol. The molecule has 0 amide bonds. The van der Waals surface area contributed by atoms with E-state index in [1.54, 1.807) is 32.4 Å². The van der Waals surface area contributed by atoms with Gasteiger partial charge in [0.05, 0.1) is 31.4 Å². The lowest BCUT2D eigenvalue weighted by molar-refractivity contribution is 0.394. The summed E-state index contributed by atoms with van der Waals surface area (Å²) in [6.45, 7) is 0. The van der Waals surface area contributed by atoms with Gasteiger partial charge in [0.1, 0.15) is 35.2 Å². The van der Waals surface area contributed by atoms with E-state index in [0.29, 0.717) is 40.2 Å². The van der Waals surface area contributed by atoms with Gasteiger partial charge in [0.25, 0.3) is 0 Å². The van der Waals surface area contributed by atoms with Gasteiger partial charge in [-0.3, -0.25) is 0 Å². The molecule has 1 atom stereocenters. The number of ether oxygens (including phenoxy) is 3. The normalized spacial score (nSPS) is 13.9. The zero-order valence-corrected chi connectivity index (χ0v) is 19.7. The minimum Gasteiger partial charge on any atom is -0.497 e. The van der Waals surface area contributed by atoms with Crippen LogP contribution in [0.3, 0.4) is 0 Å². The highest BCUT2D eigenvalue weighted by Crippen LogP contribution is 2.53. The number of rotatable bonds is 5. The maximum atomic E-state index is 14.6. The molecule has 0 saturated carbocycles. The summed E-state index contributed by atoms with van der Waals surface area (Å²) in [5.74, 6) is 2.14. The van der Waals surface area contributed by atoms with E-state index in [-0.39, 0.29) is 11.7 Å². The Labute approximate surface area is 207 Å². The molecule has 6 rings (SSSR count). The summed E-state index contributed by atoms with van der Waals surface area (Å²) in [7, 11) is 3.26. The lowest BCUT2D eigenvalue weighted by Gasteiger charge is -2.31. The largest absolute Gasteiger partial charge is 0.497 e. The van der Waals surface area contributed by atoms with Crippen LogP contribution in [0.1, 0.15) is 22.6 Å². The predicted molar refractivity (Wildman–Crippen MR) is 136 cm³/mol. The molecule has 4 aromatic carbocycles. The van der Waals surface area contributed by atoms with Crippen LogP contribution in [0.2, 0.25) is 0 Å². The van der Waals surface area contributed by atoms with Gasteiger partial charge in [0.15, 0.2) is 0 Å². The van der Waals surface area contributed by atoms with Crippen molar-refractivity contribution < 1.29 is 18.6 Å². The number of aromatic nitrogens is 2. The number of nitrogens with one attached hydrogen (secondary N) is 1. The zero-order valence-electron chi connectivity index (χ0n) is 19.7. The Balaban J connectivity index is 1.64. The second kappa shape index (κ2) is 8.85. The van der Waals surface area contributed by atoms with Crippen molar-refractivity contribution in [1.29, 1.82) is 0 Å². The number of anilines is 2. The summed E-state index contributed by atoms with van der Waals surface area (Å²) in [5, 5.41) is 5.17. The fraction of sp³-hybridized carbons (Fsp3) is 0.103. The van der Waals surface area contributed by atoms with Gasteiger partial charge in [0.2, 0.25) is 5.88 Å². The van der Waals surface area contributed by atoms with Gasteiger partial charge in [-0.1, -0.05) is 48.5 Å². The number of nitrogens with zero attached hydrogens (tertiary/aromatic N) is 2. The molecule has 2 heterocycles. The van der Waals surface area contributed by atoms with Crippen molar-refractivity contribution in [3.63, 3.8) is 0 Å². The standard InChI is InChI=1S/C29H22FN3O3/c1-34-18-12-14-24(35-2)21(15-18)25-20-13-11-17-7-3-4-8-19(17)27(20)36-29-26(25)28(31-16-32-29)33-23-10-6-5-9-22(23)30/h3-16,25H,1-2H3,(H,31,32,33). The second-order valence-electron chi connectivity index (χ2n) is 8.39. The third kappa shape index (κ3) is 3.56. The topological polar surface area (TPSA) is 65.5 Å². The quantitative estimate of drug-likeness (QED) is 0.293. The summed E-state index contributed by atoms with van der Waals surface area (Å²) in [6, 6.07) is 24.3. The van der Waals surface area contributed by atoms with E-state index in [9.17, 15) is 4.39 Å². The molecule has 0 radical (unpaired) electrons. The minimum absolute atomic E-state index is 0.305. The van der Waals surface area contributed by atoms with Crippen LogP contribution in [0.15, 0.2) is 85.2 Å². The first-order valence-electron chi connectivity index (χ1n) is 11.5. The Morgan fingerprint density at radius 1 is 0.861 bits per heavy atom. The van der Waals surface area contributed by atoms with Gasteiger partial charge >= 0.3 is 0 Å². The second-order valence-corrected chi connectivity index (χ2v) is 8.39. The summed E-state index contributed by atoms with van der Waals surface area (Å²) >= 11 is 0. The Bertz CT molecular complexity index is 1600. The average Bonchev–Trinajstić information content (AvgIpc) is 2.92. The van der Waals surface area contributed by atoms with E-state index in [2.05, 4.69) is 21.4 Å². The molecule has 7 heteroatoms. The number of hydrogen-bond donors (Lipinski definition) is 1. The van der Waals surface area contributed by atoms with E-state index < -0.39 is 0 Å². The van der Waals surface area contributed by atoms with Crippen molar-refractivity contribution >= 4 is 22.3 Å². The number of benzene rings is 4. The first kappa shape index (κ1) is 21.9. The summed E-state index contributed by atoms with van der Waals surface area (Å²) in [6.07, 6.45) is 1.41. The molecule has 0 fully saturated rings. The highest BCUT2D eigenvalue weighted by atomic mass is 19.1. The molecule has 1 aliphatic heterocycles. The van der Waals surface area contributed by atoms with Crippen LogP contribution in [0.4, 0.5) is 15.9 Å². The molecule has 1 N–H and O–H groups in total. The number of hydrogen-bond acceptors (Lipinski definition) is 6. The summed E-state index contributed by atoms with van der Waals surface area (Å²) in [4.78, 5) is 8.98. The fourth-order valence-electron chi connectivity index (χ4n) is 4.75. The molecule has 1 aromatic heterocycles. The van der Waals surface area contributed by atoms with Gasteiger partial charge in [0, 0.05) is 16.5 Å². The van der Waals surface area contributed by atoms with E-state index in [1.807, 2.05) is 48.5 Å². The molecule has 1 aliphatic rings. The first-order chi connectivity index (χ1) is 17.7. The van der Waals surface area contributed by atoms with Gasteiger partial charge in [-0.25, -0.2) is 14.4 Å². The molecule has 6 nitrogen and oxygen atoms in total. The van der Waals surface area contributed by atoms with Gasteiger partial charge in [-0.05, 0) is 35.7 Å². The van der Waals surface area contributed by atoms with Crippen molar-refractivity contribution in [1.82, 2.24) is 9.97 Å². The molecule has 0 spiro atoms. The van der Waals surface area contributed by atoms with Crippen LogP contribution < -0.4 is 19.5 Å². The smallest absolute Gasteiger partial charge is 0.228 e. The lowest BCUT2D eigenvalue weighted by atomic mass is 9.82. The van der Waals surface area contributed by atoms with Crippen LogP contribution in [-0.4, -0.2) is 24.2 Å². The van der Waals surface area contributed by atoms with Crippen LogP contribution in [-0.2, 0) is 0 Å². The number of methoxy groups -OCH3 is 2. The van der Waals surface area contributed by atoms with Gasteiger partial charge in [-0.2, -0.15) is 0 Å². The molecule has 5 aromatic rings. The van der Waals surface area contributed by atoms with Crippen molar-refractivity contribution in [3.8, 4) is 23.1 Å². The maximum absolute atomic E-state index is 14.6. The number of fused-ring (bicyclic) bond motifs is 4. The zero-order chi connectivity index (χ0) is 24.6. The Hall–Kier alpha value is -4.65. The van der Waals surface area contributed by atoms with Crippen molar-refractivity contribution in [2.24, 2.45) is 0 Å². The highest BCUT2D eigenvalue weighted by molar-refractivity contribution is 5.91. The van der Waals surface area contributed by atoms with E-state index in [4.69, 9.17) is 14.2 Å². The van der Waals surface area contributed by atoms with Crippen molar-refractivity contribution in [3.05, 3.63) is 108 Å². The first-order valence-corrected chi connectivity index (χ1v) is 11.5. The van der Waals surface area contributed by atoms with Crippen LogP contribution in [0.5, 0.6) is 23.1 Å². The maximum Gasteiger partial charge on any atom is 0.228 e. The average molecular weight is 480 g/mol. The summed E-state index contributed by atoms with van der Waals surface area (Å²) in [5.41, 5.74) is 2.75. The third-order valence-electron chi connectivity index (χ3n) is 6.43. The number of para-hydroxylation sites is 1. The monoisotopic (exact) mass is 479 g/mol. The van der Waals surface area contributed by atoms with Gasteiger partial charge in [-0.15, -0.1) is 0 Å². The van der Waals surface area contributed by atoms with Gasteiger partial charge < -0.3 is 19.5 Å².